The molecule has 0 saturated carbocycles. The van der Waals surface area contributed by atoms with Crippen LogP contribution in [0.15, 0.2) is 11.0 Å². The number of alkyl halides is 3. The van der Waals surface area contributed by atoms with Crippen LogP contribution in [-0.4, -0.2) is 24.5 Å². The van der Waals surface area contributed by atoms with E-state index < -0.39 is 30.4 Å². The zero-order valence-electron chi connectivity index (χ0n) is 11.4. The third-order valence-electron chi connectivity index (χ3n) is 2.49. The Morgan fingerprint density at radius 2 is 2.00 bits per heavy atom. The van der Waals surface area contributed by atoms with Gasteiger partial charge in [0.2, 0.25) is 0 Å². The lowest BCUT2D eigenvalue weighted by atomic mass is 10.3. The molecule has 1 aromatic rings. The molecule has 0 aromatic carbocycles. The van der Waals surface area contributed by atoms with Crippen LogP contribution in [0.3, 0.4) is 0 Å². The van der Waals surface area contributed by atoms with Crippen molar-refractivity contribution >= 4 is 19.7 Å². The third-order valence-corrected chi connectivity index (χ3v) is 4.48. The van der Waals surface area contributed by atoms with Gasteiger partial charge in [0, 0.05) is 14.7 Å². The fourth-order valence-corrected chi connectivity index (χ4v) is 2.33. The summed E-state index contributed by atoms with van der Waals surface area (Å²) in [6, 6.07) is 0.849. The van der Waals surface area contributed by atoms with Crippen molar-refractivity contribution < 1.29 is 17.9 Å². The lowest BCUT2D eigenvalue weighted by Gasteiger charge is -2.16. The zero-order valence-corrected chi connectivity index (χ0v) is 13.2. The molecule has 1 aromatic heterocycles. The molecule has 0 unspecified atom stereocenters. The third kappa shape index (κ3) is 4.91. The Bertz CT molecular complexity index is 526. The van der Waals surface area contributed by atoms with Gasteiger partial charge in [0.05, 0.1) is 11.2 Å². The summed E-state index contributed by atoms with van der Waals surface area (Å²) in [5.41, 5.74) is -2.71. The van der Waals surface area contributed by atoms with Gasteiger partial charge in [-0.15, -0.1) is 0 Å². The van der Waals surface area contributed by atoms with E-state index in [0.717, 1.165) is 12.2 Å². The molecule has 114 valence electrons. The Morgan fingerprint density at radius 1 is 1.40 bits per heavy atom. The van der Waals surface area contributed by atoms with Gasteiger partial charge in [-0.1, -0.05) is 31.2 Å². The summed E-state index contributed by atoms with van der Waals surface area (Å²) in [7, 11) is -1.29. The van der Waals surface area contributed by atoms with Crippen molar-refractivity contribution in [2.24, 2.45) is 0 Å². The SMILES string of the molecule is C[Si](C)(C)CCOCn1ncc(Cl)c(C(F)(F)F)c1=O. The molecular weight excluding hydrogens is 313 g/mol. The number of hydrogen-bond donors (Lipinski definition) is 0. The first-order valence-corrected chi connectivity index (χ1v) is 10.0. The summed E-state index contributed by atoms with van der Waals surface area (Å²) in [6.45, 7) is 6.50. The van der Waals surface area contributed by atoms with E-state index in [2.05, 4.69) is 24.7 Å². The standard InChI is InChI=1S/C11H16ClF3N2O2Si/c1-20(2,3)5-4-19-7-17-10(18)9(11(13,14)15)8(12)6-16-17/h6H,4-5,7H2,1-3H3. The quantitative estimate of drug-likeness (QED) is 0.615. The van der Waals surface area contributed by atoms with Crippen LogP contribution in [-0.2, 0) is 17.6 Å². The van der Waals surface area contributed by atoms with Gasteiger partial charge in [-0.25, -0.2) is 4.68 Å². The first-order valence-electron chi connectivity index (χ1n) is 5.93. The van der Waals surface area contributed by atoms with Crippen molar-refractivity contribution in [2.75, 3.05) is 6.61 Å². The number of nitrogens with zero attached hydrogens (tertiary/aromatic N) is 2. The smallest absolute Gasteiger partial charge is 0.359 e. The van der Waals surface area contributed by atoms with Gasteiger partial charge in [0.25, 0.3) is 5.56 Å². The summed E-state index contributed by atoms with van der Waals surface area (Å²) in [6.07, 6.45) is -4.01. The maximum atomic E-state index is 12.7. The second-order valence-electron chi connectivity index (χ2n) is 5.52. The van der Waals surface area contributed by atoms with E-state index in [4.69, 9.17) is 16.3 Å². The Balaban J connectivity index is 2.81. The first-order chi connectivity index (χ1) is 9.02. The highest BCUT2D eigenvalue weighted by Crippen LogP contribution is 2.31. The highest BCUT2D eigenvalue weighted by Gasteiger charge is 2.37. The van der Waals surface area contributed by atoms with E-state index in [-0.39, 0.29) is 6.73 Å². The van der Waals surface area contributed by atoms with Crippen LogP contribution >= 0.6 is 11.6 Å². The average molecular weight is 329 g/mol. The predicted molar refractivity (Wildman–Crippen MR) is 72.6 cm³/mol. The van der Waals surface area contributed by atoms with Gasteiger partial charge >= 0.3 is 6.18 Å². The number of ether oxygens (including phenoxy) is 1. The van der Waals surface area contributed by atoms with E-state index >= 15 is 0 Å². The average Bonchev–Trinajstić information content (AvgIpc) is 2.23. The second-order valence-corrected chi connectivity index (χ2v) is 11.5. The molecule has 0 aliphatic rings. The summed E-state index contributed by atoms with van der Waals surface area (Å²) in [5.74, 6) is 0. The molecular formula is C11H16ClF3N2O2Si. The maximum absolute atomic E-state index is 12.7. The maximum Gasteiger partial charge on any atom is 0.423 e. The highest BCUT2D eigenvalue weighted by atomic mass is 35.5. The summed E-state index contributed by atoms with van der Waals surface area (Å²) in [5, 5.41) is 2.84. The number of hydrogen-bond acceptors (Lipinski definition) is 3. The Labute approximate surface area is 120 Å². The summed E-state index contributed by atoms with van der Waals surface area (Å²) < 4.78 is 43.9. The van der Waals surface area contributed by atoms with Crippen LogP contribution in [0, 0.1) is 0 Å². The largest absolute Gasteiger partial charge is 0.423 e. The molecule has 0 bridgehead atoms. The van der Waals surface area contributed by atoms with Crippen molar-refractivity contribution in [2.45, 2.75) is 38.6 Å². The number of aromatic nitrogens is 2. The molecule has 0 aliphatic carbocycles. The van der Waals surface area contributed by atoms with Crippen LogP contribution in [0.5, 0.6) is 0 Å². The van der Waals surface area contributed by atoms with Crippen molar-refractivity contribution in [3.8, 4) is 0 Å². The van der Waals surface area contributed by atoms with E-state index in [1.807, 2.05) is 0 Å². The fourth-order valence-electron chi connectivity index (χ4n) is 1.35. The molecule has 0 saturated heterocycles. The van der Waals surface area contributed by atoms with Crippen LogP contribution in [0.4, 0.5) is 13.2 Å². The molecule has 0 radical (unpaired) electrons. The minimum atomic E-state index is -4.81. The van der Waals surface area contributed by atoms with Gasteiger partial charge in [0.15, 0.2) is 0 Å². The minimum absolute atomic E-state index is 0.316. The van der Waals surface area contributed by atoms with E-state index in [1.165, 1.54) is 0 Å². The van der Waals surface area contributed by atoms with Gasteiger partial charge in [-0.05, 0) is 6.04 Å². The number of halogens is 4. The highest BCUT2D eigenvalue weighted by molar-refractivity contribution is 6.76. The van der Waals surface area contributed by atoms with Crippen molar-refractivity contribution in [3.05, 3.63) is 27.1 Å². The second kappa shape index (κ2) is 6.27. The molecule has 9 heteroatoms. The van der Waals surface area contributed by atoms with Crippen molar-refractivity contribution in [1.82, 2.24) is 9.78 Å². The van der Waals surface area contributed by atoms with Gasteiger partial charge in [-0.2, -0.15) is 18.3 Å². The van der Waals surface area contributed by atoms with Gasteiger partial charge in [0.1, 0.15) is 12.3 Å². The monoisotopic (exact) mass is 328 g/mol. The topological polar surface area (TPSA) is 44.1 Å². The van der Waals surface area contributed by atoms with E-state index in [0.29, 0.717) is 11.3 Å². The van der Waals surface area contributed by atoms with Gasteiger partial charge < -0.3 is 4.74 Å². The molecule has 1 heterocycles. The van der Waals surface area contributed by atoms with Crippen LogP contribution in [0.2, 0.25) is 30.7 Å². The van der Waals surface area contributed by atoms with Crippen LogP contribution < -0.4 is 5.56 Å². The van der Waals surface area contributed by atoms with E-state index in [1.54, 1.807) is 0 Å². The zero-order chi connectivity index (χ0) is 15.6. The Morgan fingerprint density at radius 3 is 2.50 bits per heavy atom. The molecule has 0 fully saturated rings. The van der Waals surface area contributed by atoms with E-state index in [9.17, 15) is 18.0 Å². The normalized spacial score (nSPS) is 12.8. The predicted octanol–water partition coefficient (Wildman–Crippen LogP) is 3.23. The molecule has 0 atom stereocenters. The molecule has 0 N–H and O–H groups in total. The number of rotatable bonds is 5. The lowest BCUT2D eigenvalue weighted by molar-refractivity contribution is -0.139. The molecule has 4 nitrogen and oxygen atoms in total. The molecule has 1 rings (SSSR count). The first kappa shape index (κ1) is 17.2. The van der Waals surface area contributed by atoms with Crippen LogP contribution in [0.1, 0.15) is 5.56 Å². The van der Waals surface area contributed by atoms with Crippen molar-refractivity contribution in [1.29, 1.82) is 0 Å². The van der Waals surface area contributed by atoms with Crippen LogP contribution in [0.25, 0.3) is 0 Å². The minimum Gasteiger partial charge on any atom is -0.359 e. The van der Waals surface area contributed by atoms with Gasteiger partial charge in [-0.3, -0.25) is 4.79 Å². The Hall–Kier alpha value is -0.863. The Kier molecular flexibility index (Phi) is 5.39. The lowest BCUT2D eigenvalue weighted by Crippen LogP contribution is -2.32. The molecule has 0 amide bonds. The molecule has 0 aliphatic heterocycles. The van der Waals surface area contributed by atoms with Crippen molar-refractivity contribution in [3.63, 3.8) is 0 Å². The molecule has 20 heavy (non-hydrogen) atoms. The fraction of sp³-hybridized carbons (Fsp3) is 0.636. The summed E-state index contributed by atoms with van der Waals surface area (Å²) >= 11 is 5.38. The molecule has 0 spiro atoms. The summed E-state index contributed by atoms with van der Waals surface area (Å²) in [4.78, 5) is 11.7.